The normalized spacial score (nSPS) is 10.3. The Bertz CT molecular complexity index is 906. The van der Waals surface area contributed by atoms with Crippen molar-refractivity contribution in [3.05, 3.63) is 76.5 Å². The number of rotatable bonds is 6. The molecule has 0 unspecified atom stereocenters. The lowest BCUT2D eigenvalue weighted by molar-refractivity contribution is -0.119. The van der Waals surface area contributed by atoms with Crippen LogP contribution in [0.1, 0.15) is 14.5 Å². The van der Waals surface area contributed by atoms with Crippen LogP contribution >= 0.6 is 23.1 Å². The molecule has 1 aromatic heterocycles. The molecule has 0 fully saturated rings. The fourth-order valence-corrected chi connectivity index (χ4v) is 3.89. The number of aryl methyl sites for hydroxylation is 1. The Balaban J connectivity index is 1.60. The Morgan fingerprint density at radius 2 is 1.73 bits per heavy atom. The van der Waals surface area contributed by atoms with Gasteiger partial charge in [-0.2, -0.15) is 0 Å². The number of benzene rings is 2. The van der Waals surface area contributed by atoms with Gasteiger partial charge in [-0.3, -0.25) is 4.79 Å². The van der Waals surface area contributed by atoms with Crippen LogP contribution in [-0.2, 0) is 9.53 Å². The maximum atomic E-state index is 12.2. The van der Waals surface area contributed by atoms with Gasteiger partial charge >= 0.3 is 5.97 Å². The molecule has 3 aromatic rings. The van der Waals surface area contributed by atoms with Gasteiger partial charge in [0.25, 0.3) is 5.91 Å². The molecule has 1 heterocycles. The molecule has 0 aliphatic rings. The third-order valence-corrected chi connectivity index (χ3v) is 5.47. The van der Waals surface area contributed by atoms with Gasteiger partial charge in [0.15, 0.2) is 6.61 Å². The minimum atomic E-state index is -0.481. The quantitative estimate of drug-likeness (QED) is 0.609. The first-order valence-corrected chi connectivity index (χ1v) is 9.60. The lowest BCUT2D eigenvalue weighted by Gasteiger charge is -2.11. The molecule has 0 radical (unpaired) electrons. The van der Waals surface area contributed by atoms with E-state index in [9.17, 15) is 9.59 Å². The third kappa shape index (κ3) is 4.97. The lowest BCUT2D eigenvalue weighted by Crippen LogP contribution is -2.20. The number of carbonyl (C=O) groups is 2. The molecule has 0 aliphatic heterocycles. The molecule has 132 valence electrons. The summed E-state index contributed by atoms with van der Waals surface area (Å²) in [6.07, 6.45) is 0. The lowest BCUT2D eigenvalue weighted by atomic mass is 10.3. The molecular formula is C20H17NO3S2. The number of hydrogen-bond acceptors (Lipinski definition) is 5. The van der Waals surface area contributed by atoms with Crippen LogP contribution in [0.2, 0.25) is 0 Å². The molecule has 26 heavy (non-hydrogen) atoms. The number of hydrogen-bond donors (Lipinski definition) is 1. The topological polar surface area (TPSA) is 55.4 Å². The number of carbonyl (C=O) groups excluding carboxylic acids is 2. The number of para-hydroxylation sites is 1. The summed E-state index contributed by atoms with van der Waals surface area (Å²) in [7, 11) is 0. The maximum Gasteiger partial charge on any atom is 0.348 e. The van der Waals surface area contributed by atoms with Crippen molar-refractivity contribution in [3.8, 4) is 0 Å². The van der Waals surface area contributed by atoms with Gasteiger partial charge in [0, 0.05) is 14.7 Å². The van der Waals surface area contributed by atoms with E-state index in [-0.39, 0.29) is 12.5 Å². The van der Waals surface area contributed by atoms with Crippen LogP contribution in [0, 0.1) is 6.92 Å². The summed E-state index contributed by atoms with van der Waals surface area (Å²) in [5, 5.41) is 2.81. The average molecular weight is 383 g/mol. The van der Waals surface area contributed by atoms with Gasteiger partial charge in [0.1, 0.15) is 4.88 Å². The fraction of sp³-hybridized carbons (Fsp3) is 0.100. The van der Waals surface area contributed by atoms with Gasteiger partial charge in [0.2, 0.25) is 0 Å². The molecule has 0 aliphatic carbocycles. The Kier molecular flexibility index (Phi) is 6.09. The smallest absolute Gasteiger partial charge is 0.348 e. The predicted octanol–water partition coefficient (Wildman–Crippen LogP) is 5.00. The number of nitrogens with one attached hydrogen (secondary N) is 1. The summed E-state index contributed by atoms with van der Waals surface area (Å²) < 4.78 is 5.09. The van der Waals surface area contributed by atoms with Gasteiger partial charge in [-0.15, -0.1) is 11.3 Å². The van der Waals surface area contributed by atoms with Gasteiger partial charge in [0.05, 0.1) is 5.69 Å². The van der Waals surface area contributed by atoms with Crippen molar-refractivity contribution in [1.82, 2.24) is 0 Å². The van der Waals surface area contributed by atoms with Crippen molar-refractivity contribution in [1.29, 1.82) is 0 Å². The second-order valence-electron chi connectivity index (χ2n) is 5.45. The molecule has 0 saturated heterocycles. The number of esters is 1. The monoisotopic (exact) mass is 383 g/mol. The van der Waals surface area contributed by atoms with Crippen molar-refractivity contribution in [2.75, 3.05) is 11.9 Å². The summed E-state index contributed by atoms with van der Waals surface area (Å²) in [6.45, 7) is 1.59. The highest BCUT2D eigenvalue weighted by Gasteiger charge is 2.13. The molecule has 6 heteroatoms. The highest BCUT2D eigenvalue weighted by molar-refractivity contribution is 7.99. The Labute approximate surface area is 160 Å². The van der Waals surface area contributed by atoms with Crippen molar-refractivity contribution < 1.29 is 14.3 Å². The maximum absolute atomic E-state index is 12.2. The molecule has 4 nitrogen and oxygen atoms in total. The van der Waals surface area contributed by atoms with Crippen LogP contribution in [0.25, 0.3) is 0 Å². The van der Waals surface area contributed by atoms with E-state index >= 15 is 0 Å². The SMILES string of the molecule is Cc1ccc(C(=O)OCC(=O)Nc2ccccc2Sc2ccccc2)s1. The second-order valence-corrected chi connectivity index (χ2v) is 7.85. The number of ether oxygens (including phenoxy) is 1. The first kappa shape index (κ1) is 18.2. The van der Waals surface area contributed by atoms with E-state index < -0.39 is 5.97 Å². The fourth-order valence-electron chi connectivity index (χ4n) is 2.21. The summed E-state index contributed by atoms with van der Waals surface area (Å²) >= 11 is 2.91. The zero-order valence-electron chi connectivity index (χ0n) is 14.1. The summed E-state index contributed by atoms with van der Waals surface area (Å²) in [6, 6.07) is 21.0. The number of amides is 1. The molecule has 0 spiro atoms. The van der Waals surface area contributed by atoms with E-state index in [1.165, 1.54) is 11.3 Å². The summed E-state index contributed by atoms with van der Waals surface area (Å²) in [5.74, 6) is -0.849. The highest BCUT2D eigenvalue weighted by atomic mass is 32.2. The van der Waals surface area contributed by atoms with E-state index in [4.69, 9.17) is 4.74 Å². The molecule has 2 aromatic carbocycles. The standard InChI is InChI=1S/C20H17NO3S2/c1-14-11-12-18(25-14)20(23)24-13-19(22)21-16-9-5-6-10-17(16)26-15-7-3-2-4-8-15/h2-12H,13H2,1H3,(H,21,22). The Hall–Kier alpha value is -2.57. The first-order chi connectivity index (χ1) is 12.6. The molecule has 0 bridgehead atoms. The summed E-state index contributed by atoms with van der Waals surface area (Å²) in [4.78, 5) is 27.6. The Morgan fingerprint density at radius 3 is 2.46 bits per heavy atom. The zero-order valence-corrected chi connectivity index (χ0v) is 15.7. The third-order valence-electron chi connectivity index (χ3n) is 3.41. The molecule has 1 N–H and O–H groups in total. The van der Waals surface area contributed by atoms with Crippen molar-refractivity contribution in [2.45, 2.75) is 16.7 Å². The largest absolute Gasteiger partial charge is 0.451 e. The minimum absolute atomic E-state index is 0.319. The van der Waals surface area contributed by atoms with Crippen LogP contribution in [0.5, 0.6) is 0 Å². The van der Waals surface area contributed by atoms with Crippen molar-refractivity contribution in [3.63, 3.8) is 0 Å². The van der Waals surface area contributed by atoms with E-state index in [0.29, 0.717) is 10.6 Å². The molecule has 3 rings (SSSR count). The van der Waals surface area contributed by atoms with Crippen LogP contribution in [0.3, 0.4) is 0 Å². The molecular weight excluding hydrogens is 366 g/mol. The highest BCUT2D eigenvalue weighted by Crippen LogP contribution is 2.33. The average Bonchev–Trinajstić information content (AvgIpc) is 3.09. The Morgan fingerprint density at radius 1 is 1.00 bits per heavy atom. The zero-order chi connectivity index (χ0) is 18.4. The molecule has 1 amide bonds. The van der Waals surface area contributed by atoms with E-state index in [0.717, 1.165) is 14.7 Å². The van der Waals surface area contributed by atoms with Crippen LogP contribution in [-0.4, -0.2) is 18.5 Å². The van der Waals surface area contributed by atoms with Crippen molar-refractivity contribution in [2.24, 2.45) is 0 Å². The number of thiophene rings is 1. The van der Waals surface area contributed by atoms with Gasteiger partial charge in [-0.25, -0.2) is 4.79 Å². The second kappa shape index (κ2) is 8.69. The van der Waals surface area contributed by atoms with Crippen LogP contribution in [0.4, 0.5) is 5.69 Å². The van der Waals surface area contributed by atoms with Gasteiger partial charge < -0.3 is 10.1 Å². The van der Waals surface area contributed by atoms with Gasteiger partial charge in [-0.1, -0.05) is 42.1 Å². The number of anilines is 1. The molecule has 0 atom stereocenters. The van der Waals surface area contributed by atoms with E-state index in [1.54, 1.807) is 17.8 Å². The predicted molar refractivity (Wildman–Crippen MR) is 105 cm³/mol. The van der Waals surface area contributed by atoms with Crippen molar-refractivity contribution >= 4 is 40.7 Å². The van der Waals surface area contributed by atoms with Gasteiger partial charge in [-0.05, 0) is 43.3 Å². The van der Waals surface area contributed by atoms with Crippen LogP contribution < -0.4 is 5.32 Å². The van der Waals surface area contributed by atoms with E-state index in [1.807, 2.05) is 67.6 Å². The van der Waals surface area contributed by atoms with E-state index in [2.05, 4.69) is 5.32 Å². The minimum Gasteiger partial charge on any atom is -0.451 e. The van der Waals surface area contributed by atoms with Crippen LogP contribution in [0.15, 0.2) is 76.5 Å². The first-order valence-electron chi connectivity index (χ1n) is 7.97. The summed E-state index contributed by atoms with van der Waals surface area (Å²) in [5.41, 5.74) is 0.689. The molecule has 0 saturated carbocycles.